The summed E-state index contributed by atoms with van der Waals surface area (Å²) >= 11 is 0. The van der Waals surface area contributed by atoms with Crippen LogP contribution in [0, 0.1) is 0 Å². The number of rotatable bonds is 5. The van der Waals surface area contributed by atoms with Gasteiger partial charge in [0.15, 0.2) is 0 Å². The Labute approximate surface area is 110 Å². The van der Waals surface area contributed by atoms with E-state index in [0.29, 0.717) is 6.04 Å². The highest BCUT2D eigenvalue weighted by Gasteiger charge is 2.19. The summed E-state index contributed by atoms with van der Waals surface area (Å²) in [6, 6.07) is 6.76. The van der Waals surface area contributed by atoms with Gasteiger partial charge >= 0.3 is 0 Å². The lowest BCUT2D eigenvalue weighted by molar-refractivity contribution is 0.153. The van der Waals surface area contributed by atoms with E-state index >= 15 is 0 Å². The molecule has 2 heterocycles. The Morgan fingerprint density at radius 3 is 3.11 bits per heavy atom. The van der Waals surface area contributed by atoms with Crippen LogP contribution in [0.25, 0.3) is 0 Å². The number of nitrogens with zero attached hydrogens (tertiary/aromatic N) is 3. The van der Waals surface area contributed by atoms with E-state index in [1.807, 2.05) is 12.3 Å². The number of piperazine rings is 1. The minimum absolute atomic E-state index is 0.632. The summed E-state index contributed by atoms with van der Waals surface area (Å²) in [6.07, 6.45) is 2.90. The Morgan fingerprint density at radius 1 is 1.50 bits per heavy atom. The van der Waals surface area contributed by atoms with Crippen LogP contribution in [0.1, 0.15) is 5.69 Å². The van der Waals surface area contributed by atoms with Crippen LogP contribution in [0.2, 0.25) is 0 Å². The number of hydrogen-bond acceptors (Lipinski definition) is 4. The van der Waals surface area contributed by atoms with Crippen LogP contribution in [-0.2, 0) is 6.42 Å². The summed E-state index contributed by atoms with van der Waals surface area (Å²) in [7, 11) is 4.42. The summed E-state index contributed by atoms with van der Waals surface area (Å²) in [5.74, 6) is 0. The van der Waals surface area contributed by atoms with Crippen molar-refractivity contribution in [2.75, 3.05) is 46.8 Å². The molecule has 0 bridgehead atoms. The lowest BCUT2D eigenvalue weighted by Gasteiger charge is -2.35. The first kappa shape index (κ1) is 13.5. The average Bonchev–Trinajstić information content (AvgIpc) is 2.40. The second-order valence-corrected chi connectivity index (χ2v) is 5.17. The van der Waals surface area contributed by atoms with Crippen LogP contribution in [-0.4, -0.2) is 67.6 Å². The molecule has 100 valence electrons. The smallest absolute Gasteiger partial charge is 0.0416 e. The summed E-state index contributed by atoms with van der Waals surface area (Å²) in [4.78, 5) is 9.22. The highest BCUT2D eigenvalue weighted by atomic mass is 15.2. The summed E-state index contributed by atoms with van der Waals surface area (Å²) in [5.41, 5.74) is 1.18. The lowest BCUT2D eigenvalue weighted by atomic mass is 10.2. The van der Waals surface area contributed by atoms with Gasteiger partial charge in [-0.1, -0.05) is 6.07 Å². The third kappa shape index (κ3) is 4.05. The molecule has 1 fully saturated rings. The fourth-order valence-electron chi connectivity index (χ4n) is 2.37. The Kier molecular flexibility index (Phi) is 5.11. The van der Waals surface area contributed by atoms with Crippen molar-refractivity contribution in [1.82, 2.24) is 20.1 Å². The number of pyridine rings is 1. The fourth-order valence-corrected chi connectivity index (χ4v) is 2.37. The third-order valence-electron chi connectivity index (χ3n) is 3.64. The van der Waals surface area contributed by atoms with Crippen LogP contribution >= 0.6 is 0 Å². The van der Waals surface area contributed by atoms with Gasteiger partial charge < -0.3 is 10.2 Å². The molecule has 0 aliphatic carbocycles. The molecule has 1 atom stereocenters. The zero-order valence-corrected chi connectivity index (χ0v) is 11.5. The molecular weight excluding hydrogens is 224 g/mol. The molecule has 18 heavy (non-hydrogen) atoms. The molecule has 0 saturated carbocycles. The first-order valence-electron chi connectivity index (χ1n) is 6.75. The van der Waals surface area contributed by atoms with Gasteiger partial charge in [-0.05, 0) is 26.2 Å². The molecule has 0 amide bonds. The molecule has 1 aromatic heterocycles. The van der Waals surface area contributed by atoms with Crippen molar-refractivity contribution in [1.29, 1.82) is 0 Å². The van der Waals surface area contributed by atoms with Gasteiger partial charge in [0.2, 0.25) is 0 Å². The van der Waals surface area contributed by atoms with Gasteiger partial charge in [0.05, 0.1) is 0 Å². The molecule has 0 aromatic carbocycles. The zero-order valence-electron chi connectivity index (χ0n) is 11.5. The molecule has 4 heteroatoms. The lowest BCUT2D eigenvalue weighted by Crippen LogP contribution is -2.53. The molecule has 1 N–H and O–H groups in total. The van der Waals surface area contributed by atoms with Crippen LogP contribution in [0.15, 0.2) is 24.4 Å². The van der Waals surface area contributed by atoms with Crippen LogP contribution in [0.5, 0.6) is 0 Å². The maximum atomic E-state index is 4.36. The van der Waals surface area contributed by atoms with E-state index in [1.165, 1.54) is 5.69 Å². The third-order valence-corrected chi connectivity index (χ3v) is 3.64. The van der Waals surface area contributed by atoms with Crippen molar-refractivity contribution >= 4 is 0 Å². The van der Waals surface area contributed by atoms with Crippen molar-refractivity contribution in [3.63, 3.8) is 0 Å². The Hall–Kier alpha value is -0.970. The van der Waals surface area contributed by atoms with Crippen molar-refractivity contribution in [3.05, 3.63) is 30.1 Å². The van der Waals surface area contributed by atoms with Crippen molar-refractivity contribution in [2.45, 2.75) is 12.5 Å². The van der Waals surface area contributed by atoms with Gasteiger partial charge in [-0.3, -0.25) is 9.88 Å². The second-order valence-electron chi connectivity index (χ2n) is 5.17. The number of aromatic nitrogens is 1. The first-order chi connectivity index (χ1) is 8.75. The largest absolute Gasteiger partial charge is 0.314 e. The van der Waals surface area contributed by atoms with E-state index in [2.05, 4.69) is 46.3 Å². The van der Waals surface area contributed by atoms with Gasteiger partial charge in [0.1, 0.15) is 0 Å². The van der Waals surface area contributed by atoms with Crippen molar-refractivity contribution < 1.29 is 0 Å². The maximum absolute atomic E-state index is 4.36. The Bertz CT molecular complexity index is 341. The minimum atomic E-state index is 0.632. The van der Waals surface area contributed by atoms with Crippen LogP contribution in [0.4, 0.5) is 0 Å². The Morgan fingerprint density at radius 2 is 2.39 bits per heavy atom. The molecule has 1 aliphatic rings. The SMILES string of the molecule is CN(CCc1ccccn1)CC1CNCCN1C. The molecule has 0 radical (unpaired) electrons. The molecule has 1 saturated heterocycles. The van der Waals surface area contributed by atoms with Gasteiger partial charge in [-0.15, -0.1) is 0 Å². The highest BCUT2D eigenvalue weighted by molar-refractivity contribution is 5.03. The summed E-state index contributed by atoms with van der Waals surface area (Å²) in [5, 5.41) is 3.46. The van der Waals surface area contributed by atoms with Crippen molar-refractivity contribution in [3.8, 4) is 0 Å². The average molecular weight is 248 g/mol. The number of hydrogen-bond donors (Lipinski definition) is 1. The Balaban J connectivity index is 1.73. The van der Waals surface area contributed by atoms with Gasteiger partial charge in [-0.25, -0.2) is 0 Å². The number of likely N-dealkylation sites (N-methyl/N-ethyl adjacent to an activating group) is 2. The second kappa shape index (κ2) is 6.83. The minimum Gasteiger partial charge on any atom is -0.314 e. The maximum Gasteiger partial charge on any atom is 0.0416 e. The van der Waals surface area contributed by atoms with Crippen molar-refractivity contribution in [2.24, 2.45) is 0 Å². The van der Waals surface area contributed by atoms with E-state index in [1.54, 1.807) is 0 Å². The summed E-state index contributed by atoms with van der Waals surface area (Å²) < 4.78 is 0. The number of nitrogens with one attached hydrogen (secondary N) is 1. The molecule has 0 spiro atoms. The van der Waals surface area contributed by atoms with Gasteiger partial charge in [-0.2, -0.15) is 0 Å². The van der Waals surface area contributed by atoms with Crippen LogP contribution < -0.4 is 5.32 Å². The van der Waals surface area contributed by atoms with Gasteiger partial charge in [0, 0.05) is 57.1 Å². The molecule has 1 unspecified atom stereocenters. The van der Waals surface area contributed by atoms with E-state index < -0.39 is 0 Å². The topological polar surface area (TPSA) is 31.4 Å². The zero-order chi connectivity index (χ0) is 12.8. The fraction of sp³-hybridized carbons (Fsp3) is 0.643. The first-order valence-corrected chi connectivity index (χ1v) is 6.75. The summed E-state index contributed by atoms with van der Waals surface area (Å²) in [6.45, 7) is 5.56. The molecule has 1 aliphatic heterocycles. The van der Waals surface area contributed by atoms with E-state index in [4.69, 9.17) is 0 Å². The van der Waals surface area contributed by atoms with E-state index in [9.17, 15) is 0 Å². The predicted molar refractivity (Wildman–Crippen MR) is 74.7 cm³/mol. The van der Waals surface area contributed by atoms with E-state index in [-0.39, 0.29) is 0 Å². The molecule has 2 rings (SSSR count). The molecular formula is C14H24N4. The van der Waals surface area contributed by atoms with Crippen LogP contribution in [0.3, 0.4) is 0 Å². The molecule has 4 nitrogen and oxygen atoms in total. The standard InChI is InChI=1S/C14H24N4/c1-17(9-6-13-5-3-4-7-16-13)12-14-11-15-8-10-18(14)2/h3-5,7,14-15H,6,8-12H2,1-2H3. The monoisotopic (exact) mass is 248 g/mol. The van der Waals surface area contributed by atoms with Gasteiger partial charge in [0.25, 0.3) is 0 Å². The highest BCUT2D eigenvalue weighted by Crippen LogP contribution is 2.03. The normalized spacial score (nSPS) is 21.4. The molecule has 1 aromatic rings. The predicted octanol–water partition coefficient (Wildman–Crippen LogP) is 0.460. The van der Waals surface area contributed by atoms with E-state index in [0.717, 1.165) is 39.1 Å². The quantitative estimate of drug-likeness (QED) is 0.820.